The molecule has 0 bridgehead atoms. The molecule has 1 rings (SSSR count). The topological polar surface area (TPSA) is 40.1 Å². The molecule has 0 amide bonds. The van der Waals surface area contributed by atoms with Crippen molar-refractivity contribution >= 4 is 11.1 Å². The molecule has 1 unspecified atom stereocenters. The number of rotatable bonds is 1. The molecule has 0 aliphatic heterocycles. The van der Waals surface area contributed by atoms with E-state index in [9.17, 15) is 8.76 Å². The molecule has 0 aromatic carbocycles. The van der Waals surface area contributed by atoms with E-state index in [4.69, 9.17) is 0 Å². The van der Waals surface area contributed by atoms with E-state index in [-0.39, 0.29) is 0 Å². The molecule has 0 aromatic heterocycles. The predicted octanol–water partition coefficient (Wildman–Crippen LogP) is 0.543. The van der Waals surface area contributed by atoms with Gasteiger partial charge < -0.3 is 4.55 Å². The normalized spacial score (nSPS) is 22.7. The average molecular weight is 117 g/mol. The summed E-state index contributed by atoms with van der Waals surface area (Å²) in [5.41, 5.74) is 0. The first-order chi connectivity index (χ1) is 3.30. The first kappa shape index (κ1) is 5.00. The van der Waals surface area contributed by atoms with Gasteiger partial charge in [0.1, 0.15) is 0 Å². The molecule has 7 heavy (non-hydrogen) atoms. The van der Waals surface area contributed by atoms with Gasteiger partial charge in [0.15, 0.2) is 0 Å². The summed E-state index contributed by atoms with van der Waals surface area (Å²) in [6, 6.07) is 0. The van der Waals surface area contributed by atoms with Crippen molar-refractivity contribution in [3.05, 3.63) is 11.0 Å². The van der Waals surface area contributed by atoms with E-state index in [1.165, 1.54) is 0 Å². The summed E-state index contributed by atoms with van der Waals surface area (Å²) in [7, 11) is 0. The Labute approximate surface area is 44.5 Å². The molecule has 0 radical (unpaired) electrons. The predicted molar refractivity (Wildman–Crippen MR) is 26.2 cm³/mol. The maximum absolute atomic E-state index is 9.91. The Balaban J connectivity index is 2.57. The molecule has 1 aliphatic rings. The van der Waals surface area contributed by atoms with Crippen molar-refractivity contribution in [2.45, 2.75) is 12.8 Å². The standard InChI is InChI=1S/C4H6O2S/c5-7(6)4-2-1-3-4/h2H,1,3H2,(H,5,6)/p-1. The highest BCUT2D eigenvalue weighted by Gasteiger charge is 2.03. The van der Waals surface area contributed by atoms with Crippen LogP contribution in [0.4, 0.5) is 0 Å². The number of hydrogen-bond acceptors (Lipinski definition) is 2. The van der Waals surface area contributed by atoms with E-state index in [0.717, 1.165) is 12.8 Å². The van der Waals surface area contributed by atoms with Gasteiger partial charge in [-0.3, -0.25) is 4.21 Å². The summed E-state index contributed by atoms with van der Waals surface area (Å²) in [6.45, 7) is 0. The minimum absolute atomic E-state index is 0.569. The van der Waals surface area contributed by atoms with Gasteiger partial charge >= 0.3 is 0 Å². The van der Waals surface area contributed by atoms with Crippen LogP contribution in [0.25, 0.3) is 0 Å². The third-order valence-electron chi connectivity index (χ3n) is 0.977. The molecular formula is C4H5O2S-. The zero-order chi connectivity index (χ0) is 5.28. The van der Waals surface area contributed by atoms with Crippen molar-refractivity contribution in [2.24, 2.45) is 0 Å². The van der Waals surface area contributed by atoms with Gasteiger partial charge in [-0.15, -0.1) is 0 Å². The van der Waals surface area contributed by atoms with Crippen molar-refractivity contribution in [3.8, 4) is 0 Å². The highest BCUT2D eigenvalue weighted by atomic mass is 32.2. The average Bonchev–Trinajstić information content (AvgIpc) is 1.23. The Kier molecular flexibility index (Phi) is 1.25. The van der Waals surface area contributed by atoms with E-state index >= 15 is 0 Å². The van der Waals surface area contributed by atoms with Gasteiger partial charge in [0.2, 0.25) is 0 Å². The molecule has 0 heterocycles. The Bertz CT molecular complexity index is 128. The zero-order valence-electron chi connectivity index (χ0n) is 3.72. The van der Waals surface area contributed by atoms with E-state index in [0.29, 0.717) is 4.91 Å². The molecule has 0 saturated carbocycles. The zero-order valence-corrected chi connectivity index (χ0v) is 4.53. The fourth-order valence-corrected chi connectivity index (χ4v) is 0.952. The molecular weight excluding hydrogens is 112 g/mol. The maximum Gasteiger partial charge on any atom is -0.00127 e. The lowest BCUT2D eigenvalue weighted by molar-refractivity contribution is 0.539. The van der Waals surface area contributed by atoms with Crippen molar-refractivity contribution < 1.29 is 8.76 Å². The largest absolute Gasteiger partial charge is 0.769 e. The van der Waals surface area contributed by atoms with Crippen LogP contribution in [0.15, 0.2) is 11.0 Å². The summed E-state index contributed by atoms with van der Waals surface area (Å²) >= 11 is -1.91. The summed E-state index contributed by atoms with van der Waals surface area (Å²) in [5.74, 6) is 0. The van der Waals surface area contributed by atoms with Gasteiger partial charge in [-0.05, 0) is 28.8 Å². The fraction of sp³-hybridized carbons (Fsp3) is 0.500. The SMILES string of the molecule is O=S([O-])C1=CCC1. The van der Waals surface area contributed by atoms with Crippen LogP contribution in [0, 0.1) is 0 Å². The quantitative estimate of drug-likeness (QED) is 0.470. The van der Waals surface area contributed by atoms with Crippen LogP contribution in [0.5, 0.6) is 0 Å². The van der Waals surface area contributed by atoms with Crippen LogP contribution in [-0.4, -0.2) is 8.76 Å². The second-order valence-electron chi connectivity index (χ2n) is 1.44. The lowest BCUT2D eigenvalue weighted by atomic mass is 10.1. The molecule has 40 valence electrons. The third kappa shape index (κ3) is 0.894. The minimum atomic E-state index is -1.91. The number of hydrogen-bond donors (Lipinski definition) is 0. The van der Waals surface area contributed by atoms with Crippen molar-refractivity contribution in [1.82, 2.24) is 0 Å². The van der Waals surface area contributed by atoms with Crippen molar-refractivity contribution in [2.75, 3.05) is 0 Å². The maximum atomic E-state index is 9.91. The summed E-state index contributed by atoms with van der Waals surface area (Å²) in [5, 5.41) is 0. The van der Waals surface area contributed by atoms with Crippen LogP contribution in [0.3, 0.4) is 0 Å². The van der Waals surface area contributed by atoms with Gasteiger partial charge in [0.05, 0.1) is 0 Å². The van der Waals surface area contributed by atoms with E-state index < -0.39 is 11.1 Å². The van der Waals surface area contributed by atoms with Crippen LogP contribution in [0.2, 0.25) is 0 Å². The van der Waals surface area contributed by atoms with E-state index in [1.807, 2.05) is 0 Å². The van der Waals surface area contributed by atoms with Crippen LogP contribution < -0.4 is 0 Å². The minimum Gasteiger partial charge on any atom is -0.769 e. The van der Waals surface area contributed by atoms with E-state index in [2.05, 4.69) is 0 Å². The second-order valence-corrected chi connectivity index (χ2v) is 2.44. The Morgan fingerprint density at radius 3 is 2.43 bits per heavy atom. The molecule has 0 N–H and O–H groups in total. The Hall–Kier alpha value is -0.150. The second kappa shape index (κ2) is 1.76. The Morgan fingerprint density at radius 1 is 1.86 bits per heavy atom. The lowest BCUT2D eigenvalue weighted by Gasteiger charge is -2.15. The highest BCUT2D eigenvalue weighted by Crippen LogP contribution is 2.19. The molecule has 3 heteroatoms. The van der Waals surface area contributed by atoms with Gasteiger partial charge in [0, 0.05) is 0 Å². The van der Waals surface area contributed by atoms with Crippen LogP contribution in [0.1, 0.15) is 12.8 Å². The molecule has 2 nitrogen and oxygen atoms in total. The van der Waals surface area contributed by atoms with Gasteiger partial charge in [-0.25, -0.2) is 0 Å². The summed E-state index contributed by atoms with van der Waals surface area (Å²) < 4.78 is 19.8. The highest BCUT2D eigenvalue weighted by molar-refractivity contribution is 7.83. The fourth-order valence-electron chi connectivity index (χ4n) is 0.414. The Morgan fingerprint density at radius 2 is 2.43 bits per heavy atom. The number of allylic oxidation sites excluding steroid dienone is 2. The van der Waals surface area contributed by atoms with Crippen molar-refractivity contribution in [3.63, 3.8) is 0 Å². The first-order valence-corrected chi connectivity index (χ1v) is 3.16. The molecule has 0 saturated heterocycles. The first-order valence-electron chi connectivity index (χ1n) is 2.09. The molecule has 0 spiro atoms. The van der Waals surface area contributed by atoms with Crippen molar-refractivity contribution in [1.29, 1.82) is 0 Å². The monoisotopic (exact) mass is 117 g/mol. The van der Waals surface area contributed by atoms with Crippen LogP contribution >= 0.6 is 0 Å². The van der Waals surface area contributed by atoms with E-state index in [1.54, 1.807) is 6.08 Å². The smallest absolute Gasteiger partial charge is 0.00127 e. The molecule has 1 atom stereocenters. The lowest BCUT2D eigenvalue weighted by Crippen LogP contribution is -1.99. The van der Waals surface area contributed by atoms with Gasteiger partial charge in [-0.1, -0.05) is 6.08 Å². The molecule has 1 aliphatic carbocycles. The third-order valence-corrected chi connectivity index (χ3v) is 1.78. The summed E-state index contributed by atoms with van der Waals surface area (Å²) in [4.78, 5) is 0.569. The molecule has 0 fully saturated rings. The van der Waals surface area contributed by atoms with Gasteiger partial charge in [0.25, 0.3) is 0 Å². The molecule has 0 aromatic rings. The van der Waals surface area contributed by atoms with Gasteiger partial charge in [-0.2, -0.15) is 0 Å². The summed E-state index contributed by atoms with van der Waals surface area (Å²) in [6.07, 6.45) is 3.41. The van der Waals surface area contributed by atoms with Crippen LogP contribution in [-0.2, 0) is 11.1 Å².